The summed E-state index contributed by atoms with van der Waals surface area (Å²) in [4.78, 5) is 13.6. The first kappa shape index (κ1) is 13.8. The average Bonchev–Trinajstić information content (AvgIpc) is 2.38. The summed E-state index contributed by atoms with van der Waals surface area (Å²) in [5, 5.41) is 10.5. The molecule has 1 heterocycles. The molecule has 2 fully saturated rings. The predicted octanol–water partition coefficient (Wildman–Crippen LogP) is 0.555. The van der Waals surface area contributed by atoms with E-state index in [4.69, 9.17) is 9.47 Å². The van der Waals surface area contributed by atoms with E-state index >= 15 is 0 Å². The largest absolute Gasteiger partial charge is 0.467 e. The molecular weight excluding hydrogens is 234 g/mol. The second-order valence-corrected chi connectivity index (χ2v) is 5.40. The van der Waals surface area contributed by atoms with Crippen LogP contribution >= 0.6 is 0 Å². The molecule has 1 aliphatic carbocycles. The summed E-state index contributed by atoms with van der Waals surface area (Å²) in [5.41, 5.74) is -0.573. The van der Waals surface area contributed by atoms with Crippen molar-refractivity contribution in [3.63, 3.8) is 0 Å². The molecule has 1 aliphatic heterocycles. The molecule has 1 atom stereocenters. The predicted molar refractivity (Wildman–Crippen MR) is 66.2 cm³/mol. The highest BCUT2D eigenvalue weighted by Crippen LogP contribution is 2.29. The molecule has 1 saturated carbocycles. The van der Waals surface area contributed by atoms with Gasteiger partial charge in [-0.15, -0.1) is 0 Å². The molecule has 18 heavy (non-hydrogen) atoms. The van der Waals surface area contributed by atoms with E-state index in [2.05, 4.69) is 4.90 Å². The van der Waals surface area contributed by atoms with Crippen LogP contribution in [0.1, 0.15) is 32.1 Å². The maximum absolute atomic E-state index is 11.4. The molecule has 5 nitrogen and oxygen atoms in total. The Labute approximate surface area is 108 Å². The van der Waals surface area contributed by atoms with Crippen LogP contribution in [0, 0.1) is 0 Å². The van der Waals surface area contributed by atoms with E-state index in [0.29, 0.717) is 19.7 Å². The molecule has 5 heteroatoms. The number of morpholine rings is 1. The van der Waals surface area contributed by atoms with Crippen molar-refractivity contribution in [2.24, 2.45) is 0 Å². The van der Waals surface area contributed by atoms with Crippen LogP contribution in [-0.2, 0) is 14.3 Å². The van der Waals surface area contributed by atoms with Gasteiger partial charge in [-0.25, -0.2) is 4.79 Å². The first-order valence-corrected chi connectivity index (χ1v) is 6.77. The van der Waals surface area contributed by atoms with Gasteiger partial charge in [-0.3, -0.25) is 4.90 Å². The Hall–Kier alpha value is -0.650. The summed E-state index contributed by atoms with van der Waals surface area (Å²) in [7, 11) is 1.37. The lowest BCUT2D eigenvalue weighted by molar-refractivity contribution is -0.161. The van der Waals surface area contributed by atoms with Crippen LogP contribution in [0.2, 0.25) is 0 Å². The van der Waals surface area contributed by atoms with Crippen molar-refractivity contribution < 1.29 is 19.4 Å². The van der Waals surface area contributed by atoms with Gasteiger partial charge in [0.05, 0.1) is 19.3 Å². The number of β-amino-alcohol motifs (C(OH)–C–C–N with tert-alkyl or cyclic N) is 1. The molecule has 2 aliphatic rings. The number of carbonyl (C=O) groups excluding carboxylic acids is 1. The van der Waals surface area contributed by atoms with Gasteiger partial charge in [-0.1, -0.05) is 19.3 Å². The van der Waals surface area contributed by atoms with Crippen molar-refractivity contribution in [3.05, 3.63) is 0 Å². The molecule has 0 aromatic heterocycles. The lowest BCUT2D eigenvalue weighted by Crippen LogP contribution is -2.52. The number of hydrogen-bond acceptors (Lipinski definition) is 5. The maximum Gasteiger partial charge on any atom is 0.336 e. The van der Waals surface area contributed by atoms with E-state index in [9.17, 15) is 9.90 Å². The Morgan fingerprint density at radius 1 is 1.44 bits per heavy atom. The van der Waals surface area contributed by atoms with Crippen molar-refractivity contribution in [1.82, 2.24) is 4.90 Å². The normalized spacial score (nSPS) is 28.9. The van der Waals surface area contributed by atoms with Crippen molar-refractivity contribution in [2.45, 2.75) is 43.8 Å². The Morgan fingerprint density at radius 3 is 2.83 bits per heavy atom. The topological polar surface area (TPSA) is 59.0 Å². The number of nitrogens with zero attached hydrogens (tertiary/aromatic N) is 1. The van der Waals surface area contributed by atoms with Gasteiger partial charge in [0.2, 0.25) is 0 Å². The van der Waals surface area contributed by atoms with E-state index in [1.807, 2.05) is 0 Å². The zero-order valence-electron chi connectivity index (χ0n) is 11.1. The van der Waals surface area contributed by atoms with Crippen molar-refractivity contribution in [2.75, 3.05) is 33.4 Å². The zero-order valence-corrected chi connectivity index (χ0v) is 11.1. The number of rotatable bonds is 3. The van der Waals surface area contributed by atoms with Gasteiger partial charge >= 0.3 is 5.97 Å². The van der Waals surface area contributed by atoms with Gasteiger partial charge in [0.15, 0.2) is 6.10 Å². The van der Waals surface area contributed by atoms with Gasteiger partial charge in [0.25, 0.3) is 0 Å². The minimum absolute atomic E-state index is 0.324. The van der Waals surface area contributed by atoms with Gasteiger partial charge < -0.3 is 14.6 Å². The number of ether oxygens (including phenoxy) is 2. The standard InChI is InChI=1S/C13H23NO4/c1-17-12(15)11-9-14(7-8-18-11)10-13(16)5-3-2-4-6-13/h11,16H,2-10H2,1H3. The summed E-state index contributed by atoms with van der Waals surface area (Å²) in [6, 6.07) is 0. The second-order valence-electron chi connectivity index (χ2n) is 5.40. The third-order valence-electron chi connectivity index (χ3n) is 3.92. The third kappa shape index (κ3) is 3.43. The first-order valence-electron chi connectivity index (χ1n) is 6.77. The number of methoxy groups -OCH3 is 1. The van der Waals surface area contributed by atoms with E-state index in [-0.39, 0.29) is 5.97 Å². The Kier molecular flexibility index (Phi) is 4.59. The van der Waals surface area contributed by atoms with Crippen LogP contribution in [0.3, 0.4) is 0 Å². The monoisotopic (exact) mass is 257 g/mol. The molecule has 1 saturated heterocycles. The summed E-state index contributed by atoms with van der Waals surface area (Å²) in [6.45, 7) is 2.46. The van der Waals surface area contributed by atoms with E-state index in [1.165, 1.54) is 13.5 Å². The minimum atomic E-state index is -0.573. The Morgan fingerprint density at radius 2 is 2.17 bits per heavy atom. The van der Waals surface area contributed by atoms with E-state index in [1.54, 1.807) is 0 Å². The molecule has 1 N–H and O–H groups in total. The molecule has 0 aromatic rings. The summed E-state index contributed by atoms with van der Waals surface area (Å²) in [6.07, 6.45) is 4.65. The first-order chi connectivity index (χ1) is 8.63. The maximum atomic E-state index is 11.4. The number of carbonyl (C=O) groups is 1. The van der Waals surface area contributed by atoms with Crippen molar-refractivity contribution >= 4 is 5.97 Å². The number of aliphatic hydroxyl groups is 1. The lowest BCUT2D eigenvalue weighted by atomic mass is 9.84. The van der Waals surface area contributed by atoms with Crippen molar-refractivity contribution in [1.29, 1.82) is 0 Å². The molecule has 104 valence electrons. The third-order valence-corrected chi connectivity index (χ3v) is 3.92. The number of esters is 1. The van der Waals surface area contributed by atoms with Crippen LogP contribution in [0.25, 0.3) is 0 Å². The molecule has 0 aromatic carbocycles. The van der Waals surface area contributed by atoms with Crippen molar-refractivity contribution in [3.8, 4) is 0 Å². The Balaban J connectivity index is 1.87. The number of hydrogen-bond donors (Lipinski definition) is 1. The highest BCUT2D eigenvalue weighted by Gasteiger charge is 2.35. The summed E-state index contributed by atoms with van der Waals surface area (Å²) >= 11 is 0. The van der Waals surface area contributed by atoms with Gasteiger partial charge in [0.1, 0.15) is 0 Å². The van der Waals surface area contributed by atoms with Crippen LogP contribution < -0.4 is 0 Å². The smallest absolute Gasteiger partial charge is 0.336 e. The average molecular weight is 257 g/mol. The summed E-state index contributed by atoms with van der Waals surface area (Å²) in [5.74, 6) is -0.324. The summed E-state index contributed by atoms with van der Waals surface area (Å²) < 4.78 is 10.1. The fourth-order valence-corrected chi connectivity index (χ4v) is 2.90. The molecular formula is C13H23NO4. The second kappa shape index (κ2) is 5.99. The zero-order chi connectivity index (χ0) is 13.0. The molecule has 1 unspecified atom stereocenters. The fraction of sp³-hybridized carbons (Fsp3) is 0.923. The molecule has 0 bridgehead atoms. The molecule has 0 amide bonds. The SMILES string of the molecule is COC(=O)C1CN(CC2(O)CCCCC2)CCO1. The van der Waals surface area contributed by atoms with Crippen LogP contribution in [-0.4, -0.2) is 61.0 Å². The highest BCUT2D eigenvalue weighted by atomic mass is 16.6. The van der Waals surface area contributed by atoms with Crippen LogP contribution in [0.15, 0.2) is 0 Å². The Bertz CT molecular complexity index is 289. The van der Waals surface area contributed by atoms with Gasteiger partial charge in [-0.05, 0) is 12.8 Å². The lowest BCUT2D eigenvalue weighted by Gasteiger charge is -2.39. The van der Waals surface area contributed by atoms with E-state index < -0.39 is 11.7 Å². The van der Waals surface area contributed by atoms with Crippen LogP contribution in [0.4, 0.5) is 0 Å². The highest BCUT2D eigenvalue weighted by molar-refractivity contribution is 5.74. The van der Waals surface area contributed by atoms with E-state index in [0.717, 1.165) is 32.2 Å². The van der Waals surface area contributed by atoms with Crippen LogP contribution in [0.5, 0.6) is 0 Å². The fourth-order valence-electron chi connectivity index (χ4n) is 2.90. The molecule has 0 spiro atoms. The quantitative estimate of drug-likeness (QED) is 0.748. The van der Waals surface area contributed by atoms with Gasteiger partial charge in [0, 0.05) is 19.6 Å². The minimum Gasteiger partial charge on any atom is -0.467 e. The molecule has 2 rings (SSSR count). The van der Waals surface area contributed by atoms with Gasteiger partial charge in [-0.2, -0.15) is 0 Å². The molecule has 0 radical (unpaired) electrons.